The number of hydrogen-bond acceptors (Lipinski definition) is 4. The Balaban J connectivity index is 0.00000642. The molecule has 0 aliphatic carbocycles. The van der Waals surface area contributed by atoms with Crippen LogP contribution in [-0.4, -0.2) is 9.55 Å². The van der Waals surface area contributed by atoms with E-state index in [0.717, 1.165) is 50.1 Å². The first-order valence-electron chi connectivity index (χ1n) is 24.1. The van der Waals surface area contributed by atoms with E-state index in [1.165, 1.54) is 33.6 Å². The Kier molecular flexibility index (Phi) is 13.0. The molecule has 0 radical (unpaired) electrons. The van der Waals surface area contributed by atoms with Crippen LogP contribution in [0.2, 0.25) is 0 Å². The molecule has 2 aromatic heterocycles. The third-order valence-electron chi connectivity index (χ3n) is 13.5. The molecule has 358 valence electrons. The molecule has 6 aromatic carbocycles. The number of anilines is 2. The number of rotatable bonds is 8. The minimum Gasteiger partial charge on any atom is -0.509 e. The van der Waals surface area contributed by atoms with E-state index in [0.29, 0.717) is 11.5 Å². The molecule has 0 atom stereocenters. The molecule has 1 aliphatic rings. The van der Waals surface area contributed by atoms with Crippen molar-refractivity contribution in [3.63, 3.8) is 0 Å². The predicted octanol–water partition coefficient (Wildman–Crippen LogP) is 16.9. The van der Waals surface area contributed by atoms with Crippen LogP contribution < -0.4 is 14.5 Å². The molecule has 9 rings (SSSR count). The molecule has 3 heterocycles. The Bertz CT molecular complexity index is 3190. The number of ether oxygens (including phenoxy) is 1. The predicted molar refractivity (Wildman–Crippen MR) is 286 cm³/mol. The van der Waals surface area contributed by atoms with Crippen LogP contribution in [0.25, 0.3) is 38.8 Å². The minimum absolute atomic E-state index is 0. The monoisotopic (exact) mass is 1090 g/mol. The summed E-state index contributed by atoms with van der Waals surface area (Å²) in [5.74, 6) is 2.09. The van der Waals surface area contributed by atoms with Crippen molar-refractivity contribution in [3.8, 4) is 28.4 Å². The molecule has 6 heteroatoms. The van der Waals surface area contributed by atoms with Crippen LogP contribution in [0.15, 0.2) is 157 Å². The quantitative estimate of drug-likeness (QED) is 0.142. The minimum atomic E-state index is -0.230. The Hall–Kier alpha value is -5.90. The SMILES string of the molecule is CC(C)(C)C1=C(C(C)(C)C)N(c2cccc(C(C)(C)c3ccccc3)c2)[CH-]N1c1[c-]c(Oc2[c-]c3c(cc2)c2cc(-c4ccccc4)ccc2n3-c2cc(C(C)(C)C)ccn2)cc(C(C)(C)C)c1.[Pt]. The summed E-state index contributed by atoms with van der Waals surface area (Å²) < 4.78 is 9.22. The second-order valence-electron chi connectivity index (χ2n) is 23.2. The molecule has 0 saturated heterocycles. The maximum absolute atomic E-state index is 6.99. The van der Waals surface area contributed by atoms with Gasteiger partial charge in [-0.2, -0.15) is 6.07 Å². The van der Waals surface area contributed by atoms with Gasteiger partial charge in [0.15, 0.2) is 0 Å². The summed E-state index contributed by atoms with van der Waals surface area (Å²) in [6, 6.07) is 57.7. The van der Waals surface area contributed by atoms with E-state index >= 15 is 0 Å². The first-order valence-corrected chi connectivity index (χ1v) is 24.1. The maximum Gasteiger partial charge on any atom is 0.135 e. The van der Waals surface area contributed by atoms with E-state index in [-0.39, 0.29) is 48.1 Å². The van der Waals surface area contributed by atoms with Crippen LogP contribution in [0, 0.1) is 29.6 Å². The smallest absolute Gasteiger partial charge is 0.135 e. The number of pyridine rings is 1. The Labute approximate surface area is 426 Å². The van der Waals surface area contributed by atoms with Crippen LogP contribution >= 0.6 is 0 Å². The average molecular weight is 1090 g/mol. The van der Waals surface area contributed by atoms with Crippen LogP contribution in [-0.2, 0) is 37.3 Å². The second-order valence-corrected chi connectivity index (χ2v) is 23.2. The topological polar surface area (TPSA) is 33.5 Å². The number of aromatic nitrogens is 2. The molecule has 0 unspecified atom stereocenters. The first kappa shape index (κ1) is 49.5. The van der Waals surface area contributed by atoms with Gasteiger partial charge in [-0.3, -0.25) is 0 Å². The summed E-state index contributed by atoms with van der Waals surface area (Å²) in [6.07, 6.45) is 1.92. The van der Waals surface area contributed by atoms with Crippen molar-refractivity contribution in [3.05, 3.63) is 198 Å². The van der Waals surface area contributed by atoms with Gasteiger partial charge in [0.25, 0.3) is 0 Å². The molecular formula is C63H67N4OPt-3. The van der Waals surface area contributed by atoms with E-state index in [2.05, 4.69) is 264 Å². The molecule has 0 saturated carbocycles. The van der Waals surface area contributed by atoms with Gasteiger partial charge in [0.1, 0.15) is 5.82 Å². The maximum atomic E-state index is 6.99. The van der Waals surface area contributed by atoms with Crippen molar-refractivity contribution in [1.82, 2.24) is 9.55 Å². The molecule has 69 heavy (non-hydrogen) atoms. The number of allylic oxidation sites excluding steroid dienone is 2. The molecule has 0 fully saturated rings. The van der Waals surface area contributed by atoms with E-state index in [1.54, 1.807) is 0 Å². The summed E-state index contributed by atoms with van der Waals surface area (Å²) in [6.45, 7) is 34.3. The summed E-state index contributed by atoms with van der Waals surface area (Å²) in [5.41, 5.74) is 12.9. The van der Waals surface area contributed by atoms with Crippen LogP contribution in [0.1, 0.15) is 119 Å². The van der Waals surface area contributed by atoms with Gasteiger partial charge in [0, 0.05) is 77.6 Å². The fraction of sp³-hybridized carbons (Fsp3) is 0.302. The summed E-state index contributed by atoms with van der Waals surface area (Å²) in [4.78, 5) is 9.75. The number of hydrogen-bond donors (Lipinski definition) is 0. The van der Waals surface area contributed by atoms with Gasteiger partial charge in [-0.1, -0.05) is 187 Å². The second kappa shape index (κ2) is 18.1. The van der Waals surface area contributed by atoms with Gasteiger partial charge in [-0.25, -0.2) is 4.98 Å². The summed E-state index contributed by atoms with van der Waals surface area (Å²) in [7, 11) is 0. The van der Waals surface area contributed by atoms with Gasteiger partial charge in [-0.05, 0) is 74.4 Å². The van der Waals surface area contributed by atoms with E-state index in [9.17, 15) is 0 Å². The fourth-order valence-corrected chi connectivity index (χ4v) is 9.64. The van der Waals surface area contributed by atoms with Gasteiger partial charge < -0.3 is 19.1 Å². The molecule has 0 spiro atoms. The molecule has 0 N–H and O–H groups in total. The van der Waals surface area contributed by atoms with Crippen molar-refractivity contribution in [1.29, 1.82) is 0 Å². The number of benzene rings is 6. The van der Waals surface area contributed by atoms with Crippen molar-refractivity contribution in [2.24, 2.45) is 10.8 Å². The van der Waals surface area contributed by atoms with E-state index in [1.807, 2.05) is 12.3 Å². The zero-order chi connectivity index (χ0) is 48.6. The van der Waals surface area contributed by atoms with Gasteiger partial charge in [-0.15, -0.1) is 53.6 Å². The Morgan fingerprint density at radius 3 is 1.77 bits per heavy atom. The van der Waals surface area contributed by atoms with E-state index in [4.69, 9.17) is 9.72 Å². The third kappa shape index (κ3) is 9.70. The van der Waals surface area contributed by atoms with Gasteiger partial charge in [0.05, 0.1) is 0 Å². The molecule has 0 amide bonds. The van der Waals surface area contributed by atoms with Gasteiger partial charge >= 0.3 is 0 Å². The Morgan fingerprint density at radius 2 is 1.12 bits per heavy atom. The zero-order valence-electron chi connectivity index (χ0n) is 42.9. The summed E-state index contributed by atoms with van der Waals surface area (Å²) >= 11 is 0. The molecule has 8 aromatic rings. The van der Waals surface area contributed by atoms with Crippen molar-refractivity contribution in [2.45, 2.75) is 113 Å². The largest absolute Gasteiger partial charge is 0.509 e. The molecule has 0 bridgehead atoms. The number of nitrogens with zero attached hydrogens (tertiary/aromatic N) is 4. The van der Waals surface area contributed by atoms with Crippen LogP contribution in [0.5, 0.6) is 11.5 Å². The van der Waals surface area contributed by atoms with Gasteiger partial charge in [0.2, 0.25) is 0 Å². The Morgan fingerprint density at radius 1 is 0.478 bits per heavy atom. The first-order chi connectivity index (χ1) is 32.0. The third-order valence-corrected chi connectivity index (χ3v) is 13.5. The van der Waals surface area contributed by atoms with Crippen LogP contribution in [0.4, 0.5) is 11.4 Å². The van der Waals surface area contributed by atoms with Crippen LogP contribution in [0.3, 0.4) is 0 Å². The normalized spacial score (nSPS) is 13.9. The van der Waals surface area contributed by atoms with Crippen molar-refractivity contribution >= 4 is 33.2 Å². The molecular weight excluding hydrogens is 1020 g/mol. The zero-order valence-corrected chi connectivity index (χ0v) is 45.2. The average Bonchev–Trinajstić information content (AvgIpc) is 3.87. The summed E-state index contributed by atoms with van der Waals surface area (Å²) in [5, 5.41) is 2.22. The molecule has 5 nitrogen and oxygen atoms in total. The number of fused-ring (bicyclic) bond motifs is 3. The van der Waals surface area contributed by atoms with Crippen molar-refractivity contribution < 1.29 is 25.8 Å². The molecule has 1 aliphatic heterocycles. The van der Waals surface area contributed by atoms with Crippen molar-refractivity contribution in [2.75, 3.05) is 9.80 Å². The van der Waals surface area contributed by atoms with E-state index < -0.39 is 0 Å². The standard InChI is InChI=1S/C63H67N4O.Pt/c1-59(2,3)45-32-33-64-56(38-45)67-54-31-28-43(42-22-17-15-18-23-42)34-53(54)52-30-29-50(40-55(52)67)68-51-37-47(60(4,5)6)36-49(39-51)66-41-65(57(61(7,8)9)58(66)62(10,11)12)48-27-21-26-46(35-48)63(13,14)44-24-19-16-20-25-44;/h15-38,41H,1-14H3;/q-3;. The fourth-order valence-electron chi connectivity index (χ4n) is 9.64.